The minimum absolute atomic E-state index is 0.0680. The van der Waals surface area contributed by atoms with Gasteiger partial charge in [0.15, 0.2) is 0 Å². The van der Waals surface area contributed by atoms with Crippen LogP contribution in [0.1, 0.15) is 16.7 Å². The van der Waals surface area contributed by atoms with Crippen molar-refractivity contribution in [3.8, 4) is 11.6 Å². The number of hydrogen-bond acceptors (Lipinski definition) is 5. The summed E-state index contributed by atoms with van der Waals surface area (Å²) in [6.45, 7) is 3.32. The van der Waals surface area contributed by atoms with Crippen molar-refractivity contribution in [3.05, 3.63) is 57.3 Å². The summed E-state index contributed by atoms with van der Waals surface area (Å²) in [5, 5.41) is 19.8. The molecule has 1 aromatic carbocycles. The Labute approximate surface area is 115 Å². The second-order valence-electron chi connectivity index (χ2n) is 4.43. The highest BCUT2D eigenvalue weighted by Crippen LogP contribution is 2.30. The van der Waals surface area contributed by atoms with Gasteiger partial charge in [-0.2, -0.15) is 0 Å². The molecule has 2 aromatic rings. The number of aliphatic hydroxyl groups is 1. The highest BCUT2D eigenvalue weighted by molar-refractivity contribution is 5.50. The fourth-order valence-corrected chi connectivity index (χ4v) is 1.76. The van der Waals surface area contributed by atoms with E-state index in [9.17, 15) is 10.1 Å². The quantitative estimate of drug-likeness (QED) is 0.684. The lowest BCUT2D eigenvalue weighted by molar-refractivity contribution is -0.385. The normalized spacial score (nSPS) is 10.3. The second-order valence-corrected chi connectivity index (χ2v) is 4.43. The number of rotatable bonds is 4. The zero-order valence-corrected chi connectivity index (χ0v) is 11.2. The molecule has 1 N–H and O–H groups in total. The Hall–Kier alpha value is -2.47. The third-order valence-corrected chi connectivity index (χ3v) is 2.88. The molecule has 104 valence electrons. The lowest BCUT2D eigenvalue weighted by Gasteiger charge is -2.09. The van der Waals surface area contributed by atoms with Crippen LogP contribution in [0.5, 0.6) is 11.6 Å². The first kappa shape index (κ1) is 14.0. The van der Waals surface area contributed by atoms with Gasteiger partial charge in [-0.3, -0.25) is 10.1 Å². The van der Waals surface area contributed by atoms with Crippen molar-refractivity contribution in [1.82, 2.24) is 4.98 Å². The number of aromatic nitrogens is 1. The highest BCUT2D eigenvalue weighted by Gasteiger charge is 2.14. The smallest absolute Gasteiger partial charge is 0.272 e. The van der Waals surface area contributed by atoms with Gasteiger partial charge in [-0.05, 0) is 37.1 Å². The molecule has 0 amide bonds. The lowest BCUT2D eigenvalue weighted by atomic mass is 10.1. The van der Waals surface area contributed by atoms with Crippen LogP contribution < -0.4 is 4.74 Å². The van der Waals surface area contributed by atoms with Gasteiger partial charge in [0.1, 0.15) is 5.75 Å². The van der Waals surface area contributed by atoms with Gasteiger partial charge in [0.2, 0.25) is 5.88 Å². The number of nitrogens with zero attached hydrogens (tertiary/aromatic N) is 2. The average Bonchev–Trinajstić information content (AvgIpc) is 2.43. The Kier molecular flexibility index (Phi) is 3.95. The minimum atomic E-state index is -0.416. The number of pyridine rings is 1. The van der Waals surface area contributed by atoms with Crippen LogP contribution in [-0.4, -0.2) is 15.0 Å². The van der Waals surface area contributed by atoms with Gasteiger partial charge in [-0.25, -0.2) is 4.98 Å². The van der Waals surface area contributed by atoms with Crippen molar-refractivity contribution in [2.45, 2.75) is 20.5 Å². The van der Waals surface area contributed by atoms with Gasteiger partial charge >= 0.3 is 0 Å². The number of aryl methyl sites for hydroxylation is 2. The van der Waals surface area contributed by atoms with Gasteiger partial charge in [0.05, 0.1) is 11.5 Å². The molecule has 0 radical (unpaired) electrons. The Morgan fingerprint density at radius 2 is 2.05 bits per heavy atom. The van der Waals surface area contributed by atoms with Gasteiger partial charge in [0.25, 0.3) is 5.69 Å². The molecule has 0 saturated carbocycles. The maximum Gasteiger partial charge on any atom is 0.272 e. The first-order valence-corrected chi connectivity index (χ1v) is 6.00. The molecule has 0 atom stereocenters. The fourth-order valence-electron chi connectivity index (χ4n) is 1.76. The largest absolute Gasteiger partial charge is 0.439 e. The highest BCUT2D eigenvalue weighted by atomic mass is 16.6. The zero-order valence-electron chi connectivity index (χ0n) is 11.2. The van der Waals surface area contributed by atoms with Crippen molar-refractivity contribution >= 4 is 5.69 Å². The summed E-state index contributed by atoms with van der Waals surface area (Å²) >= 11 is 0. The maximum absolute atomic E-state index is 10.8. The molecule has 0 fully saturated rings. The minimum Gasteiger partial charge on any atom is -0.439 e. The van der Waals surface area contributed by atoms with Gasteiger partial charge < -0.3 is 9.84 Å². The fraction of sp³-hybridized carbons (Fsp3) is 0.214. The van der Waals surface area contributed by atoms with Crippen LogP contribution in [0.4, 0.5) is 5.69 Å². The molecule has 0 aliphatic heterocycles. The third-order valence-electron chi connectivity index (χ3n) is 2.88. The van der Waals surface area contributed by atoms with E-state index in [-0.39, 0.29) is 12.3 Å². The van der Waals surface area contributed by atoms with Gasteiger partial charge in [-0.15, -0.1) is 0 Å². The second kappa shape index (κ2) is 5.66. The number of benzene rings is 1. The van der Waals surface area contributed by atoms with Gasteiger partial charge in [-0.1, -0.05) is 0 Å². The van der Waals surface area contributed by atoms with Crippen LogP contribution in [0.2, 0.25) is 0 Å². The van der Waals surface area contributed by atoms with Crippen molar-refractivity contribution in [1.29, 1.82) is 0 Å². The van der Waals surface area contributed by atoms with Crippen molar-refractivity contribution in [2.75, 3.05) is 0 Å². The van der Waals surface area contributed by atoms with Crippen molar-refractivity contribution in [3.63, 3.8) is 0 Å². The SMILES string of the molecule is Cc1cc([N+](=O)[O-])c(C)cc1Oc1ccc(CO)cn1. The first-order chi connectivity index (χ1) is 9.51. The van der Waals surface area contributed by atoms with E-state index in [2.05, 4.69) is 4.98 Å². The zero-order chi connectivity index (χ0) is 14.7. The van der Waals surface area contributed by atoms with Crippen LogP contribution in [0, 0.1) is 24.0 Å². The maximum atomic E-state index is 10.8. The van der Waals surface area contributed by atoms with Crippen LogP contribution in [0.25, 0.3) is 0 Å². The lowest BCUT2D eigenvalue weighted by Crippen LogP contribution is -1.96. The summed E-state index contributed by atoms with van der Waals surface area (Å²) in [5.74, 6) is 0.899. The summed E-state index contributed by atoms with van der Waals surface area (Å²) in [4.78, 5) is 14.5. The summed E-state index contributed by atoms with van der Waals surface area (Å²) in [7, 11) is 0. The molecule has 1 heterocycles. The predicted octanol–water partition coefficient (Wildman–Crippen LogP) is 2.89. The predicted molar refractivity (Wildman–Crippen MR) is 72.8 cm³/mol. The molecule has 0 unspecified atom stereocenters. The number of nitro groups is 1. The Bertz CT molecular complexity index is 638. The monoisotopic (exact) mass is 274 g/mol. The topological polar surface area (TPSA) is 85.5 Å². The number of nitro benzene ring substituents is 1. The molecule has 0 aliphatic carbocycles. The third kappa shape index (κ3) is 2.92. The molecule has 20 heavy (non-hydrogen) atoms. The average molecular weight is 274 g/mol. The van der Waals surface area contributed by atoms with Crippen LogP contribution in [-0.2, 0) is 6.61 Å². The van der Waals surface area contributed by atoms with E-state index in [1.54, 1.807) is 32.0 Å². The molecule has 2 rings (SSSR count). The van der Waals surface area contributed by atoms with Crippen LogP contribution in [0.15, 0.2) is 30.5 Å². The molecule has 0 aliphatic rings. The van der Waals surface area contributed by atoms with E-state index in [1.165, 1.54) is 12.3 Å². The Morgan fingerprint density at radius 1 is 1.30 bits per heavy atom. The molecular weight excluding hydrogens is 260 g/mol. The van der Waals surface area contributed by atoms with E-state index in [0.717, 1.165) is 0 Å². The molecule has 1 aromatic heterocycles. The summed E-state index contributed by atoms with van der Waals surface area (Å²) < 4.78 is 5.61. The van der Waals surface area contributed by atoms with Crippen molar-refractivity contribution < 1.29 is 14.8 Å². The van der Waals surface area contributed by atoms with E-state index >= 15 is 0 Å². The standard InChI is InChI=1S/C14H14N2O4/c1-9-6-13(10(2)5-12(9)16(18)19)20-14-4-3-11(8-17)7-15-14/h3-7,17H,8H2,1-2H3. The summed E-state index contributed by atoms with van der Waals surface area (Å²) in [6, 6.07) is 6.44. The number of ether oxygens (including phenoxy) is 1. The Morgan fingerprint density at radius 3 is 2.60 bits per heavy atom. The van der Waals surface area contributed by atoms with E-state index < -0.39 is 4.92 Å². The van der Waals surface area contributed by atoms with Crippen LogP contribution in [0.3, 0.4) is 0 Å². The van der Waals surface area contributed by atoms with E-state index in [0.29, 0.717) is 28.3 Å². The van der Waals surface area contributed by atoms with Crippen LogP contribution >= 0.6 is 0 Å². The summed E-state index contributed by atoms with van der Waals surface area (Å²) in [5.41, 5.74) is 1.95. The van der Waals surface area contributed by atoms with Crippen molar-refractivity contribution in [2.24, 2.45) is 0 Å². The summed E-state index contributed by atoms with van der Waals surface area (Å²) in [6.07, 6.45) is 1.52. The molecule has 0 bridgehead atoms. The number of hydrogen-bond donors (Lipinski definition) is 1. The molecular formula is C14H14N2O4. The molecule has 6 nitrogen and oxygen atoms in total. The first-order valence-electron chi connectivity index (χ1n) is 6.00. The molecule has 0 saturated heterocycles. The van der Waals surface area contributed by atoms with E-state index in [4.69, 9.17) is 9.84 Å². The van der Waals surface area contributed by atoms with E-state index in [1.807, 2.05) is 0 Å². The number of aliphatic hydroxyl groups excluding tert-OH is 1. The molecule has 0 spiro atoms. The Balaban J connectivity index is 2.29. The van der Waals surface area contributed by atoms with Gasteiger partial charge in [0, 0.05) is 23.9 Å². The molecule has 6 heteroatoms.